The molecular weight excluding hydrogens is 322 g/mol. The Morgan fingerprint density at radius 3 is 2.72 bits per heavy atom. The molecule has 1 amide bonds. The van der Waals surface area contributed by atoms with Crippen LogP contribution in [0.25, 0.3) is 0 Å². The molecule has 1 fully saturated rings. The maximum Gasteiger partial charge on any atom is 0.338 e. The summed E-state index contributed by atoms with van der Waals surface area (Å²) in [5.74, 6) is 0.248. The van der Waals surface area contributed by atoms with Crippen molar-refractivity contribution < 1.29 is 14.3 Å². The zero-order chi connectivity index (χ0) is 17.6. The lowest BCUT2D eigenvalue weighted by Crippen LogP contribution is -2.13. The fraction of sp³-hybridized carbons (Fsp3) is 0.471. The smallest absolute Gasteiger partial charge is 0.338 e. The largest absolute Gasteiger partial charge is 0.454 e. The van der Waals surface area contributed by atoms with E-state index < -0.39 is 5.97 Å². The zero-order valence-electron chi connectivity index (χ0n) is 14.1. The number of anilines is 1. The predicted octanol–water partition coefficient (Wildman–Crippen LogP) is 2.18. The Hall–Kier alpha value is -2.77. The molecule has 1 N–H and O–H groups in total. The van der Waals surface area contributed by atoms with E-state index in [1.807, 2.05) is 0 Å². The van der Waals surface area contributed by atoms with E-state index in [-0.39, 0.29) is 18.4 Å². The van der Waals surface area contributed by atoms with Crippen LogP contribution in [0.2, 0.25) is 0 Å². The molecule has 1 heterocycles. The van der Waals surface area contributed by atoms with Gasteiger partial charge in [-0.2, -0.15) is 0 Å². The summed E-state index contributed by atoms with van der Waals surface area (Å²) in [6.45, 7) is 2.81. The van der Waals surface area contributed by atoms with E-state index in [4.69, 9.17) is 4.74 Å². The molecule has 1 aliphatic carbocycles. The Labute approximate surface area is 145 Å². The molecule has 2 aromatic rings. The van der Waals surface area contributed by atoms with Crippen molar-refractivity contribution in [3.05, 3.63) is 35.7 Å². The molecule has 1 aromatic heterocycles. The molecule has 0 aliphatic heterocycles. The highest BCUT2D eigenvalue weighted by Crippen LogP contribution is 2.30. The third-order valence-electron chi connectivity index (χ3n) is 4.00. The number of hydrogen-bond donors (Lipinski definition) is 1. The molecule has 0 spiro atoms. The van der Waals surface area contributed by atoms with Crippen molar-refractivity contribution in [3.63, 3.8) is 0 Å². The summed E-state index contributed by atoms with van der Waals surface area (Å²) in [6.07, 6.45) is 3.89. The summed E-state index contributed by atoms with van der Waals surface area (Å²) < 4.78 is 6.92. The van der Waals surface area contributed by atoms with Crippen LogP contribution in [0, 0.1) is 5.92 Å². The number of aryl methyl sites for hydroxylation is 1. The number of carbonyl (C=O) groups excluding carboxylic acids is 2. The minimum Gasteiger partial charge on any atom is -0.454 e. The van der Waals surface area contributed by atoms with Crippen LogP contribution in [-0.2, 0) is 22.7 Å². The number of unbranched alkanes of at least 4 members (excludes halogenated alkanes) is 1. The molecule has 8 nitrogen and oxygen atoms in total. The van der Waals surface area contributed by atoms with E-state index in [1.54, 1.807) is 28.9 Å². The molecule has 8 heteroatoms. The average Bonchev–Trinajstić information content (AvgIpc) is 3.38. The normalized spacial score (nSPS) is 13.5. The second-order valence-corrected chi connectivity index (χ2v) is 6.09. The van der Waals surface area contributed by atoms with Crippen molar-refractivity contribution in [3.8, 4) is 0 Å². The first-order valence-electron chi connectivity index (χ1n) is 8.50. The summed E-state index contributed by atoms with van der Waals surface area (Å²) in [7, 11) is 0. The lowest BCUT2D eigenvalue weighted by atomic mass is 10.2. The molecule has 3 rings (SSSR count). The number of nitrogens with one attached hydrogen (secondary N) is 1. The zero-order valence-corrected chi connectivity index (χ0v) is 14.1. The van der Waals surface area contributed by atoms with E-state index in [9.17, 15) is 9.59 Å². The number of hydrogen-bond acceptors (Lipinski definition) is 6. The molecular formula is C17H21N5O3. The van der Waals surface area contributed by atoms with E-state index in [2.05, 4.69) is 27.8 Å². The van der Waals surface area contributed by atoms with Crippen LogP contribution < -0.4 is 5.32 Å². The number of benzene rings is 1. The molecule has 0 atom stereocenters. The quantitative estimate of drug-likeness (QED) is 0.738. The number of nitrogens with zero attached hydrogens (tertiary/aromatic N) is 4. The Morgan fingerprint density at radius 2 is 2.04 bits per heavy atom. The van der Waals surface area contributed by atoms with Crippen molar-refractivity contribution in [2.75, 3.05) is 5.32 Å². The molecule has 0 radical (unpaired) electrons. The number of rotatable bonds is 8. The van der Waals surface area contributed by atoms with Gasteiger partial charge in [-0.1, -0.05) is 13.3 Å². The highest BCUT2D eigenvalue weighted by atomic mass is 16.5. The topological polar surface area (TPSA) is 99.0 Å². The first-order chi connectivity index (χ1) is 12.2. The van der Waals surface area contributed by atoms with E-state index in [1.165, 1.54) is 0 Å². The van der Waals surface area contributed by atoms with E-state index in [0.29, 0.717) is 23.6 Å². The van der Waals surface area contributed by atoms with Gasteiger partial charge >= 0.3 is 5.97 Å². The lowest BCUT2D eigenvalue weighted by molar-refractivity contribution is -0.117. The molecule has 0 saturated heterocycles. The SMILES string of the molecule is CCCCn1nnnc1COC(=O)c1ccc(NC(=O)C2CC2)cc1. The maximum absolute atomic E-state index is 12.1. The number of amides is 1. The fourth-order valence-corrected chi connectivity index (χ4v) is 2.30. The summed E-state index contributed by atoms with van der Waals surface area (Å²) in [4.78, 5) is 23.8. The van der Waals surface area contributed by atoms with Crippen LogP contribution in [-0.4, -0.2) is 32.1 Å². The maximum atomic E-state index is 12.1. The van der Waals surface area contributed by atoms with Crippen LogP contribution in [0.5, 0.6) is 0 Å². The molecule has 1 aliphatic rings. The number of esters is 1. The second-order valence-electron chi connectivity index (χ2n) is 6.09. The summed E-state index contributed by atoms with van der Waals surface area (Å²) in [5.41, 5.74) is 1.09. The van der Waals surface area contributed by atoms with Gasteiger partial charge < -0.3 is 10.1 Å². The highest BCUT2D eigenvalue weighted by molar-refractivity contribution is 5.95. The molecule has 0 bridgehead atoms. The Morgan fingerprint density at radius 1 is 1.28 bits per heavy atom. The summed E-state index contributed by atoms with van der Waals surface area (Å²) in [5, 5.41) is 14.2. The molecule has 132 valence electrons. The Bertz CT molecular complexity index is 737. The molecule has 0 unspecified atom stereocenters. The standard InChI is InChI=1S/C17H21N5O3/c1-2-3-10-22-15(19-20-21-22)11-25-17(24)13-6-8-14(9-7-13)18-16(23)12-4-5-12/h6-9,12H,2-5,10-11H2,1H3,(H,18,23). The first-order valence-corrected chi connectivity index (χ1v) is 8.50. The van der Waals surface area contributed by atoms with Gasteiger partial charge in [0.25, 0.3) is 0 Å². The van der Waals surface area contributed by atoms with Crippen LogP contribution in [0.3, 0.4) is 0 Å². The molecule has 1 aromatic carbocycles. The average molecular weight is 343 g/mol. The van der Waals surface area contributed by atoms with Crippen molar-refractivity contribution in [1.82, 2.24) is 20.2 Å². The van der Waals surface area contributed by atoms with Gasteiger partial charge in [0, 0.05) is 18.2 Å². The number of carbonyl (C=O) groups is 2. The Kier molecular flexibility index (Phi) is 5.37. The third-order valence-corrected chi connectivity index (χ3v) is 4.00. The number of aromatic nitrogens is 4. The summed E-state index contributed by atoms with van der Waals surface area (Å²) in [6, 6.07) is 6.65. The van der Waals surface area contributed by atoms with E-state index >= 15 is 0 Å². The van der Waals surface area contributed by atoms with Gasteiger partial charge in [0.1, 0.15) is 0 Å². The minimum atomic E-state index is -0.454. The van der Waals surface area contributed by atoms with Crippen molar-refractivity contribution in [1.29, 1.82) is 0 Å². The third kappa shape index (κ3) is 4.62. The second kappa shape index (κ2) is 7.87. The number of tetrazole rings is 1. The van der Waals surface area contributed by atoms with Gasteiger partial charge in [-0.3, -0.25) is 4.79 Å². The van der Waals surface area contributed by atoms with Crippen molar-refractivity contribution >= 4 is 17.6 Å². The first kappa shape index (κ1) is 17.1. The highest BCUT2D eigenvalue weighted by Gasteiger charge is 2.29. The van der Waals surface area contributed by atoms with Crippen molar-refractivity contribution in [2.45, 2.75) is 45.8 Å². The Balaban J connectivity index is 1.52. The van der Waals surface area contributed by atoms with Gasteiger partial charge in [-0.25, -0.2) is 9.48 Å². The predicted molar refractivity (Wildman–Crippen MR) is 89.6 cm³/mol. The van der Waals surface area contributed by atoms with Gasteiger partial charge in [0.2, 0.25) is 5.91 Å². The fourth-order valence-electron chi connectivity index (χ4n) is 2.30. The van der Waals surface area contributed by atoms with Gasteiger partial charge in [0.05, 0.1) is 5.56 Å². The van der Waals surface area contributed by atoms with Crippen molar-refractivity contribution in [2.24, 2.45) is 5.92 Å². The lowest BCUT2D eigenvalue weighted by Gasteiger charge is -2.07. The van der Waals surface area contributed by atoms with Gasteiger partial charge in [-0.05, 0) is 54.0 Å². The van der Waals surface area contributed by atoms with Crippen LogP contribution in [0.15, 0.2) is 24.3 Å². The monoisotopic (exact) mass is 343 g/mol. The van der Waals surface area contributed by atoms with Gasteiger partial charge in [-0.15, -0.1) is 5.10 Å². The van der Waals surface area contributed by atoms with Gasteiger partial charge in [0.15, 0.2) is 12.4 Å². The van der Waals surface area contributed by atoms with Crippen LogP contribution in [0.4, 0.5) is 5.69 Å². The summed E-state index contributed by atoms with van der Waals surface area (Å²) >= 11 is 0. The molecule has 25 heavy (non-hydrogen) atoms. The molecule has 1 saturated carbocycles. The van der Waals surface area contributed by atoms with E-state index in [0.717, 1.165) is 25.7 Å². The van der Waals surface area contributed by atoms with Crippen LogP contribution >= 0.6 is 0 Å². The minimum absolute atomic E-state index is 0.0235. The number of ether oxygens (including phenoxy) is 1. The van der Waals surface area contributed by atoms with Crippen LogP contribution in [0.1, 0.15) is 48.8 Å².